The predicted octanol–water partition coefficient (Wildman–Crippen LogP) is 3.06. The molecule has 0 radical (unpaired) electrons. The fourth-order valence-electron chi connectivity index (χ4n) is 4.30. The number of hydrogen-bond donors (Lipinski definition) is 1. The Kier molecular flexibility index (Phi) is 6.16. The third-order valence-electron chi connectivity index (χ3n) is 5.58. The quantitative estimate of drug-likeness (QED) is 0.692. The number of dihydropyridines is 1. The highest BCUT2D eigenvalue weighted by atomic mass is 16.8. The molecule has 2 saturated heterocycles. The van der Waals surface area contributed by atoms with E-state index < -0.39 is 42.4 Å². The van der Waals surface area contributed by atoms with Crippen molar-refractivity contribution in [2.45, 2.75) is 77.2 Å². The van der Waals surface area contributed by atoms with Gasteiger partial charge in [0.25, 0.3) is 0 Å². The summed E-state index contributed by atoms with van der Waals surface area (Å²) in [6.07, 6.45) is -1.82. The van der Waals surface area contributed by atoms with Crippen LogP contribution in [0.25, 0.3) is 0 Å². The number of fused-ring (bicyclic) bond motifs is 1. The molecule has 8 heteroatoms. The Morgan fingerprint density at radius 2 is 1.97 bits per heavy atom. The molecule has 1 N–H and O–H groups in total. The number of aliphatic imine (C=N–C) groups is 1. The highest BCUT2D eigenvalue weighted by Gasteiger charge is 2.57. The summed E-state index contributed by atoms with van der Waals surface area (Å²) in [4.78, 5) is 16.8. The molecule has 5 atom stereocenters. The van der Waals surface area contributed by atoms with Crippen LogP contribution in [0, 0.1) is 0 Å². The van der Waals surface area contributed by atoms with Crippen molar-refractivity contribution < 1.29 is 33.6 Å². The number of hydrogen-bond acceptors (Lipinski definition) is 8. The minimum absolute atomic E-state index is 0.0550. The van der Waals surface area contributed by atoms with Gasteiger partial charge in [-0.25, -0.2) is 4.79 Å². The molecular weight excluding hydrogens is 402 g/mol. The summed E-state index contributed by atoms with van der Waals surface area (Å²) < 4.78 is 29.4. The summed E-state index contributed by atoms with van der Waals surface area (Å²) >= 11 is 0. The first-order valence-corrected chi connectivity index (χ1v) is 10.6. The van der Waals surface area contributed by atoms with Crippen LogP contribution in [0.3, 0.4) is 0 Å². The minimum Gasteiger partial charge on any atom is -0.511 e. The van der Waals surface area contributed by atoms with Crippen molar-refractivity contribution in [2.75, 3.05) is 6.61 Å². The summed E-state index contributed by atoms with van der Waals surface area (Å²) in [5.74, 6) is -1.41. The monoisotopic (exact) mass is 431 g/mol. The van der Waals surface area contributed by atoms with E-state index in [1.165, 1.54) is 0 Å². The lowest BCUT2D eigenvalue weighted by Gasteiger charge is -2.31. The van der Waals surface area contributed by atoms with Crippen LogP contribution in [-0.4, -0.2) is 59.8 Å². The molecule has 0 bridgehead atoms. The van der Waals surface area contributed by atoms with Crippen LogP contribution in [0.1, 0.15) is 39.7 Å². The number of rotatable bonds is 6. The highest BCUT2D eigenvalue weighted by molar-refractivity contribution is 6.19. The molecule has 0 amide bonds. The Morgan fingerprint density at radius 3 is 2.65 bits per heavy atom. The number of aliphatic hydroxyl groups is 1. The van der Waals surface area contributed by atoms with Gasteiger partial charge in [-0.3, -0.25) is 4.99 Å². The topological polar surface area (TPSA) is 95.8 Å². The second-order valence-corrected chi connectivity index (χ2v) is 8.36. The molecule has 0 spiro atoms. The maximum absolute atomic E-state index is 12.2. The van der Waals surface area contributed by atoms with Gasteiger partial charge in [-0.05, 0) is 33.3 Å². The van der Waals surface area contributed by atoms with Crippen molar-refractivity contribution in [3.8, 4) is 0 Å². The highest BCUT2D eigenvalue weighted by Crippen LogP contribution is 2.42. The smallest absolute Gasteiger partial charge is 0.343 e. The van der Waals surface area contributed by atoms with Crippen molar-refractivity contribution in [1.82, 2.24) is 0 Å². The Balaban J connectivity index is 1.54. The predicted molar refractivity (Wildman–Crippen MR) is 112 cm³/mol. The van der Waals surface area contributed by atoms with E-state index in [9.17, 15) is 9.90 Å². The Bertz CT molecular complexity index is 879. The van der Waals surface area contributed by atoms with Crippen LogP contribution in [0.5, 0.6) is 0 Å². The van der Waals surface area contributed by atoms with Gasteiger partial charge in [0.1, 0.15) is 29.6 Å². The Labute approximate surface area is 181 Å². The van der Waals surface area contributed by atoms with Crippen molar-refractivity contribution >= 4 is 11.7 Å². The van der Waals surface area contributed by atoms with Gasteiger partial charge < -0.3 is 28.8 Å². The number of nitrogens with zero attached hydrogens (tertiary/aromatic N) is 1. The standard InChI is InChI=1S/C23H29NO7/c1-5-27-21(26)17-13(2)24-15(11-16(17)25)18-19(28-12-14-9-7-6-8-10-14)20-22(29-18)31-23(3,4)30-20/h6-10,15,18-20,22,25H,5,11-12H2,1-4H3/t15?,18?,19-,20+,22+/m0/s1. The van der Waals surface area contributed by atoms with Crippen molar-refractivity contribution in [3.05, 3.63) is 47.2 Å². The first-order valence-electron chi connectivity index (χ1n) is 10.6. The lowest BCUT2D eigenvalue weighted by atomic mass is 9.94. The molecule has 0 aliphatic carbocycles. The number of esters is 1. The van der Waals surface area contributed by atoms with Gasteiger partial charge in [0, 0.05) is 6.42 Å². The number of carbonyl (C=O) groups excluding carboxylic acids is 1. The number of ether oxygens (including phenoxy) is 5. The van der Waals surface area contributed by atoms with Crippen molar-refractivity contribution in [1.29, 1.82) is 0 Å². The van der Waals surface area contributed by atoms with E-state index in [-0.39, 0.29) is 24.4 Å². The minimum atomic E-state index is -0.778. The van der Waals surface area contributed by atoms with Gasteiger partial charge in [-0.15, -0.1) is 0 Å². The van der Waals surface area contributed by atoms with E-state index in [4.69, 9.17) is 23.7 Å². The van der Waals surface area contributed by atoms with Crippen molar-refractivity contribution in [2.24, 2.45) is 4.99 Å². The fraction of sp³-hybridized carbons (Fsp3) is 0.565. The molecule has 8 nitrogen and oxygen atoms in total. The van der Waals surface area contributed by atoms with Crippen LogP contribution in [0.15, 0.2) is 46.7 Å². The molecule has 1 aromatic carbocycles. The first kappa shape index (κ1) is 22.0. The average molecular weight is 431 g/mol. The summed E-state index contributed by atoms with van der Waals surface area (Å²) in [5.41, 5.74) is 1.56. The number of aliphatic hydroxyl groups excluding tert-OH is 1. The molecule has 2 fully saturated rings. The summed E-state index contributed by atoms with van der Waals surface area (Å²) in [5, 5.41) is 10.6. The Morgan fingerprint density at radius 1 is 1.23 bits per heavy atom. The zero-order chi connectivity index (χ0) is 22.2. The molecule has 0 saturated carbocycles. The number of carbonyl (C=O) groups is 1. The van der Waals surface area contributed by atoms with Gasteiger partial charge in [-0.1, -0.05) is 30.3 Å². The molecule has 3 aliphatic rings. The van der Waals surface area contributed by atoms with Crippen LogP contribution >= 0.6 is 0 Å². The van der Waals surface area contributed by atoms with Gasteiger partial charge in [0.15, 0.2) is 12.1 Å². The molecule has 2 unspecified atom stereocenters. The van der Waals surface area contributed by atoms with Crippen LogP contribution < -0.4 is 0 Å². The van der Waals surface area contributed by atoms with E-state index in [1.54, 1.807) is 13.8 Å². The molecule has 31 heavy (non-hydrogen) atoms. The van der Waals surface area contributed by atoms with E-state index in [0.29, 0.717) is 12.3 Å². The zero-order valence-electron chi connectivity index (χ0n) is 18.2. The van der Waals surface area contributed by atoms with Crippen LogP contribution in [0.2, 0.25) is 0 Å². The second-order valence-electron chi connectivity index (χ2n) is 8.36. The molecular formula is C23H29NO7. The molecule has 0 aromatic heterocycles. The lowest BCUT2D eigenvalue weighted by Crippen LogP contribution is -2.43. The van der Waals surface area contributed by atoms with Gasteiger partial charge in [-0.2, -0.15) is 0 Å². The molecule has 3 heterocycles. The van der Waals surface area contributed by atoms with Gasteiger partial charge in [0.2, 0.25) is 0 Å². The van der Waals surface area contributed by atoms with Gasteiger partial charge >= 0.3 is 5.97 Å². The lowest BCUT2D eigenvalue weighted by molar-refractivity contribution is -0.221. The second kappa shape index (κ2) is 8.70. The van der Waals surface area contributed by atoms with E-state index >= 15 is 0 Å². The van der Waals surface area contributed by atoms with Crippen molar-refractivity contribution in [3.63, 3.8) is 0 Å². The van der Waals surface area contributed by atoms with E-state index in [2.05, 4.69) is 4.99 Å². The fourth-order valence-corrected chi connectivity index (χ4v) is 4.30. The third kappa shape index (κ3) is 4.52. The molecule has 168 valence electrons. The SMILES string of the molecule is CCOC(=O)C1=C(O)CC(C2O[C@@H]3OC(C)(C)O[C@@H]3[C@H]2OCc2ccccc2)N=C1C. The molecule has 1 aromatic rings. The Hall–Kier alpha value is -2.26. The van der Waals surface area contributed by atoms with E-state index in [1.807, 2.05) is 44.2 Å². The summed E-state index contributed by atoms with van der Waals surface area (Å²) in [6, 6.07) is 9.39. The molecule has 3 aliphatic heterocycles. The third-order valence-corrected chi connectivity index (χ3v) is 5.58. The van der Waals surface area contributed by atoms with Crippen LogP contribution in [-0.2, 0) is 35.1 Å². The number of benzene rings is 1. The maximum atomic E-state index is 12.2. The van der Waals surface area contributed by atoms with E-state index in [0.717, 1.165) is 5.56 Å². The first-order chi connectivity index (χ1) is 14.8. The summed E-state index contributed by atoms with van der Waals surface area (Å²) in [6.45, 7) is 7.67. The van der Waals surface area contributed by atoms with Gasteiger partial charge in [0.05, 0.1) is 25.0 Å². The summed E-state index contributed by atoms with van der Waals surface area (Å²) in [7, 11) is 0. The van der Waals surface area contributed by atoms with Crippen LogP contribution in [0.4, 0.5) is 0 Å². The largest absolute Gasteiger partial charge is 0.511 e. The zero-order valence-corrected chi connectivity index (χ0v) is 18.2. The average Bonchev–Trinajstić information content (AvgIpc) is 3.18. The molecule has 4 rings (SSSR count). The normalized spacial score (nSPS) is 32.0. The maximum Gasteiger partial charge on any atom is 0.343 e.